The molecule has 7 heteroatoms. The maximum atomic E-state index is 13.3. The molecule has 0 aliphatic carbocycles. The standard InChI is InChI=1S/C26H32N4O2S/c1-4-21-13-10-11-17-29(21)25(31)20(3)33-26-28-27-24(30(26)22-14-6-5-7-15-22)18-32-23-16-9-8-12-19(23)2/h5-9,12,14-16,20-21H,4,10-11,13,17-18H2,1-3H3. The molecule has 0 radical (unpaired) electrons. The molecule has 1 aliphatic heterocycles. The summed E-state index contributed by atoms with van der Waals surface area (Å²) in [4.78, 5) is 15.4. The molecule has 3 aromatic rings. The third-order valence-corrected chi connectivity index (χ3v) is 7.21. The van der Waals surface area contributed by atoms with Gasteiger partial charge in [0.05, 0.1) is 5.25 Å². The van der Waals surface area contributed by atoms with Gasteiger partial charge in [-0.05, 0) is 63.3 Å². The van der Waals surface area contributed by atoms with Crippen molar-refractivity contribution in [3.63, 3.8) is 0 Å². The SMILES string of the molecule is CCC1CCCCN1C(=O)C(C)Sc1nnc(COc2ccccc2C)n1-c1ccccc1. The highest BCUT2D eigenvalue weighted by Crippen LogP contribution is 2.30. The summed E-state index contributed by atoms with van der Waals surface area (Å²) < 4.78 is 8.07. The van der Waals surface area contributed by atoms with E-state index in [4.69, 9.17) is 4.74 Å². The smallest absolute Gasteiger partial charge is 0.236 e. The topological polar surface area (TPSA) is 60.3 Å². The van der Waals surface area contributed by atoms with E-state index < -0.39 is 0 Å². The number of hydrogen-bond donors (Lipinski definition) is 0. The Hall–Kier alpha value is -2.80. The average molecular weight is 465 g/mol. The van der Waals surface area contributed by atoms with Gasteiger partial charge in [0, 0.05) is 18.3 Å². The van der Waals surface area contributed by atoms with E-state index >= 15 is 0 Å². The molecule has 1 fully saturated rings. The first-order valence-electron chi connectivity index (χ1n) is 11.7. The van der Waals surface area contributed by atoms with Crippen LogP contribution in [0.25, 0.3) is 5.69 Å². The van der Waals surface area contributed by atoms with E-state index in [9.17, 15) is 4.79 Å². The molecular formula is C26H32N4O2S. The summed E-state index contributed by atoms with van der Waals surface area (Å²) in [5.74, 6) is 1.72. The normalized spacial score (nSPS) is 17.1. The van der Waals surface area contributed by atoms with E-state index in [1.807, 2.05) is 73.0 Å². The monoisotopic (exact) mass is 464 g/mol. The summed E-state index contributed by atoms with van der Waals surface area (Å²) in [6.45, 7) is 7.31. The van der Waals surface area contributed by atoms with E-state index in [0.717, 1.165) is 42.8 Å². The second-order valence-electron chi connectivity index (χ2n) is 8.47. The Morgan fingerprint density at radius 2 is 1.88 bits per heavy atom. The quantitative estimate of drug-likeness (QED) is 0.416. The molecule has 1 aliphatic rings. The van der Waals surface area contributed by atoms with Crippen LogP contribution in [0.2, 0.25) is 0 Å². The van der Waals surface area contributed by atoms with Crippen molar-refractivity contribution in [2.75, 3.05) is 6.54 Å². The van der Waals surface area contributed by atoms with Crippen molar-refractivity contribution in [1.82, 2.24) is 19.7 Å². The first-order valence-corrected chi connectivity index (χ1v) is 12.6. The Bertz CT molecular complexity index is 1070. The van der Waals surface area contributed by atoms with Crippen molar-refractivity contribution in [2.24, 2.45) is 0 Å². The third-order valence-electron chi connectivity index (χ3n) is 6.18. The van der Waals surface area contributed by atoms with Crippen LogP contribution in [0.3, 0.4) is 0 Å². The van der Waals surface area contributed by atoms with Gasteiger partial charge in [-0.1, -0.05) is 55.1 Å². The van der Waals surface area contributed by atoms with Crippen molar-refractivity contribution < 1.29 is 9.53 Å². The molecule has 33 heavy (non-hydrogen) atoms. The van der Waals surface area contributed by atoms with E-state index in [1.54, 1.807) is 0 Å². The van der Waals surface area contributed by atoms with Gasteiger partial charge in [0.15, 0.2) is 11.0 Å². The summed E-state index contributed by atoms with van der Waals surface area (Å²) in [7, 11) is 0. The molecule has 2 unspecified atom stereocenters. The number of nitrogens with zero attached hydrogens (tertiary/aromatic N) is 4. The summed E-state index contributed by atoms with van der Waals surface area (Å²) in [5.41, 5.74) is 2.03. The number of carbonyl (C=O) groups is 1. The van der Waals surface area contributed by atoms with Crippen LogP contribution >= 0.6 is 11.8 Å². The van der Waals surface area contributed by atoms with Gasteiger partial charge in [-0.15, -0.1) is 10.2 Å². The fourth-order valence-corrected chi connectivity index (χ4v) is 5.28. The predicted molar refractivity (Wildman–Crippen MR) is 132 cm³/mol. The Balaban J connectivity index is 1.56. The number of hydrogen-bond acceptors (Lipinski definition) is 5. The minimum Gasteiger partial charge on any atom is -0.485 e. The highest BCUT2D eigenvalue weighted by Gasteiger charge is 2.30. The van der Waals surface area contributed by atoms with E-state index in [-0.39, 0.29) is 11.2 Å². The maximum Gasteiger partial charge on any atom is 0.236 e. The fourth-order valence-electron chi connectivity index (χ4n) is 4.32. The van der Waals surface area contributed by atoms with E-state index in [0.29, 0.717) is 23.6 Å². The summed E-state index contributed by atoms with van der Waals surface area (Å²) in [6, 6.07) is 18.3. The van der Waals surface area contributed by atoms with E-state index in [2.05, 4.69) is 22.0 Å². The van der Waals surface area contributed by atoms with Crippen LogP contribution in [0.4, 0.5) is 0 Å². The lowest BCUT2D eigenvalue weighted by Gasteiger charge is -2.36. The first kappa shape index (κ1) is 23.4. The van der Waals surface area contributed by atoms with Crippen LogP contribution in [-0.4, -0.2) is 43.4 Å². The van der Waals surface area contributed by atoms with Gasteiger partial charge in [-0.3, -0.25) is 9.36 Å². The summed E-state index contributed by atoms with van der Waals surface area (Å²) in [6.07, 6.45) is 4.39. The van der Waals surface area contributed by atoms with Crippen molar-refractivity contribution in [2.45, 2.75) is 69.5 Å². The Kier molecular flexibility index (Phi) is 7.70. The minimum absolute atomic E-state index is 0.187. The molecule has 6 nitrogen and oxygen atoms in total. The van der Waals surface area contributed by atoms with Crippen LogP contribution < -0.4 is 4.74 Å². The number of benzene rings is 2. The Labute approximate surface area is 200 Å². The number of piperidine rings is 1. The number of rotatable bonds is 8. The van der Waals surface area contributed by atoms with Crippen molar-refractivity contribution >= 4 is 17.7 Å². The predicted octanol–water partition coefficient (Wildman–Crippen LogP) is 5.43. The van der Waals surface area contributed by atoms with Crippen molar-refractivity contribution in [3.05, 3.63) is 66.0 Å². The van der Waals surface area contributed by atoms with Crippen LogP contribution in [-0.2, 0) is 11.4 Å². The summed E-state index contributed by atoms with van der Waals surface area (Å²) in [5, 5.41) is 9.36. The lowest BCUT2D eigenvalue weighted by Crippen LogP contribution is -2.46. The molecule has 0 saturated carbocycles. The number of para-hydroxylation sites is 2. The fraction of sp³-hybridized carbons (Fsp3) is 0.423. The average Bonchev–Trinajstić information content (AvgIpc) is 3.25. The van der Waals surface area contributed by atoms with Gasteiger partial charge in [0.25, 0.3) is 0 Å². The minimum atomic E-state index is -0.242. The van der Waals surface area contributed by atoms with Gasteiger partial charge >= 0.3 is 0 Å². The van der Waals surface area contributed by atoms with Crippen LogP contribution in [0.5, 0.6) is 5.75 Å². The van der Waals surface area contributed by atoms with Crippen molar-refractivity contribution in [3.8, 4) is 11.4 Å². The van der Waals surface area contributed by atoms with Crippen LogP contribution in [0.1, 0.15) is 50.9 Å². The van der Waals surface area contributed by atoms with E-state index in [1.165, 1.54) is 18.2 Å². The molecular weight excluding hydrogens is 432 g/mol. The highest BCUT2D eigenvalue weighted by atomic mass is 32.2. The number of ether oxygens (including phenoxy) is 1. The van der Waals surface area contributed by atoms with Gasteiger partial charge in [0.1, 0.15) is 12.4 Å². The number of likely N-dealkylation sites (tertiary alicyclic amines) is 1. The largest absolute Gasteiger partial charge is 0.485 e. The Morgan fingerprint density at radius 1 is 1.12 bits per heavy atom. The molecule has 174 valence electrons. The van der Waals surface area contributed by atoms with Gasteiger partial charge in [0.2, 0.25) is 5.91 Å². The zero-order chi connectivity index (χ0) is 23.2. The van der Waals surface area contributed by atoms with Crippen molar-refractivity contribution in [1.29, 1.82) is 0 Å². The number of carbonyl (C=O) groups excluding carboxylic acids is 1. The zero-order valence-corrected chi connectivity index (χ0v) is 20.4. The number of aromatic nitrogens is 3. The zero-order valence-electron chi connectivity index (χ0n) is 19.6. The van der Waals surface area contributed by atoms with Crippen LogP contribution in [0, 0.1) is 6.92 Å². The molecule has 4 rings (SSSR count). The number of thioether (sulfide) groups is 1. The van der Waals surface area contributed by atoms with Crippen LogP contribution in [0.15, 0.2) is 59.8 Å². The molecule has 2 heterocycles. The molecule has 2 atom stereocenters. The second kappa shape index (κ2) is 10.9. The number of aryl methyl sites for hydroxylation is 1. The molecule has 2 aromatic carbocycles. The molecule has 1 saturated heterocycles. The molecule has 0 spiro atoms. The second-order valence-corrected chi connectivity index (χ2v) is 9.78. The third kappa shape index (κ3) is 5.41. The molecule has 1 amide bonds. The van der Waals surface area contributed by atoms with Gasteiger partial charge < -0.3 is 9.64 Å². The molecule has 1 aromatic heterocycles. The molecule has 0 bridgehead atoms. The first-order chi connectivity index (χ1) is 16.1. The number of amides is 1. The molecule has 0 N–H and O–H groups in total. The highest BCUT2D eigenvalue weighted by molar-refractivity contribution is 8.00. The summed E-state index contributed by atoms with van der Waals surface area (Å²) >= 11 is 1.47. The Morgan fingerprint density at radius 3 is 2.64 bits per heavy atom. The lowest BCUT2D eigenvalue weighted by molar-refractivity contribution is -0.134. The maximum absolute atomic E-state index is 13.3. The lowest BCUT2D eigenvalue weighted by atomic mass is 10.00. The van der Waals surface area contributed by atoms with Gasteiger partial charge in [-0.25, -0.2) is 0 Å². The van der Waals surface area contributed by atoms with Gasteiger partial charge in [-0.2, -0.15) is 0 Å².